The molecule has 1 N–H and O–H groups in total. The van der Waals surface area contributed by atoms with Crippen molar-refractivity contribution in [1.82, 2.24) is 10.2 Å². The van der Waals surface area contributed by atoms with Crippen LogP contribution in [0.1, 0.15) is 32.6 Å². The van der Waals surface area contributed by atoms with E-state index >= 15 is 0 Å². The van der Waals surface area contributed by atoms with Crippen molar-refractivity contribution in [2.24, 2.45) is 5.92 Å². The number of hydrogen-bond donors (Lipinski definition) is 1. The lowest BCUT2D eigenvalue weighted by molar-refractivity contribution is -0.138. The van der Waals surface area contributed by atoms with Crippen molar-refractivity contribution in [3.8, 4) is 0 Å². The van der Waals surface area contributed by atoms with Crippen LogP contribution in [0.25, 0.3) is 0 Å². The quantitative estimate of drug-likeness (QED) is 0.875. The number of piperidine rings is 1. The molecule has 2 saturated heterocycles. The van der Waals surface area contributed by atoms with Crippen LogP contribution in [-0.2, 0) is 9.59 Å². The molecule has 25 heavy (non-hydrogen) atoms. The van der Waals surface area contributed by atoms with E-state index in [9.17, 15) is 9.59 Å². The standard InChI is InChI=1S/C19H26ClN3O2/c1-2-11-22(17-7-9-21-10-8-17)19(25)14-12-18(24)23(13-14)16-5-3-15(20)4-6-16/h3-6,14,17,21H,2,7-13H2,1H3. The summed E-state index contributed by atoms with van der Waals surface area (Å²) in [6, 6.07) is 7.52. The Morgan fingerprint density at radius 3 is 2.60 bits per heavy atom. The Bertz CT molecular complexity index is 614. The fraction of sp³-hybridized carbons (Fsp3) is 0.579. The number of carbonyl (C=O) groups is 2. The highest BCUT2D eigenvalue weighted by atomic mass is 35.5. The number of amides is 2. The molecule has 2 fully saturated rings. The van der Waals surface area contributed by atoms with Gasteiger partial charge in [0.25, 0.3) is 0 Å². The molecule has 2 aliphatic heterocycles. The maximum absolute atomic E-state index is 13.1. The van der Waals surface area contributed by atoms with Crippen molar-refractivity contribution in [2.75, 3.05) is 31.1 Å². The first-order valence-electron chi connectivity index (χ1n) is 9.17. The Kier molecular flexibility index (Phi) is 5.97. The van der Waals surface area contributed by atoms with E-state index in [1.165, 1.54) is 0 Å². The Morgan fingerprint density at radius 1 is 1.28 bits per heavy atom. The third-order valence-electron chi connectivity index (χ3n) is 5.11. The fourth-order valence-corrected chi connectivity index (χ4v) is 3.94. The van der Waals surface area contributed by atoms with Crippen LogP contribution in [0.15, 0.2) is 24.3 Å². The molecular formula is C19H26ClN3O2. The van der Waals surface area contributed by atoms with Crippen LogP contribution < -0.4 is 10.2 Å². The highest BCUT2D eigenvalue weighted by Crippen LogP contribution is 2.28. The molecular weight excluding hydrogens is 338 g/mol. The average Bonchev–Trinajstić information content (AvgIpc) is 3.02. The lowest BCUT2D eigenvalue weighted by Crippen LogP contribution is -2.48. The molecule has 1 unspecified atom stereocenters. The van der Waals surface area contributed by atoms with E-state index in [0.717, 1.165) is 44.6 Å². The summed E-state index contributed by atoms with van der Waals surface area (Å²) in [5.41, 5.74) is 0.814. The molecule has 0 spiro atoms. The summed E-state index contributed by atoms with van der Waals surface area (Å²) in [4.78, 5) is 29.3. The number of rotatable bonds is 5. The van der Waals surface area contributed by atoms with Crippen molar-refractivity contribution in [3.63, 3.8) is 0 Å². The minimum Gasteiger partial charge on any atom is -0.339 e. The van der Waals surface area contributed by atoms with E-state index < -0.39 is 0 Å². The van der Waals surface area contributed by atoms with Crippen LogP contribution >= 0.6 is 11.6 Å². The summed E-state index contributed by atoms with van der Waals surface area (Å²) >= 11 is 5.93. The van der Waals surface area contributed by atoms with Gasteiger partial charge in [0, 0.05) is 36.3 Å². The van der Waals surface area contributed by atoms with E-state index in [4.69, 9.17) is 11.6 Å². The van der Waals surface area contributed by atoms with Gasteiger partial charge in [0.2, 0.25) is 11.8 Å². The topological polar surface area (TPSA) is 52.7 Å². The van der Waals surface area contributed by atoms with Crippen LogP contribution in [0, 0.1) is 5.92 Å². The first-order chi connectivity index (χ1) is 12.1. The van der Waals surface area contributed by atoms with Gasteiger partial charge in [0.1, 0.15) is 0 Å². The number of anilines is 1. The number of halogens is 1. The lowest BCUT2D eigenvalue weighted by atomic mass is 10.0. The monoisotopic (exact) mass is 363 g/mol. The molecule has 0 radical (unpaired) electrons. The number of carbonyl (C=O) groups excluding carboxylic acids is 2. The molecule has 2 aliphatic rings. The van der Waals surface area contributed by atoms with Gasteiger partial charge in [-0.25, -0.2) is 0 Å². The molecule has 6 heteroatoms. The van der Waals surface area contributed by atoms with E-state index in [1.54, 1.807) is 17.0 Å². The highest BCUT2D eigenvalue weighted by molar-refractivity contribution is 6.30. The van der Waals surface area contributed by atoms with Gasteiger partial charge in [-0.15, -0.1) is 0 Å². The van der Waals surface area contributed by atoms with E-state index in [0.29, 0.717) is 24.0 Å². The van der Waals surface area contributed by atoms with E-state index in [2.05, 4.69) is 12.2 Å². The molecule has 3 rings (SSSR count). The van der Waals surface area contributed by atoms with Gasteiger partial charge in [-0.3, -0.25) is 9.59 Å². The van der Waals surface area contributed by atoms with Crippen molar-refractivity contribution in [3.05, 3.63) is 29.3 Å². The molecule has 0 saturated carbocycles. The fourth-order valence-electron chi connectivity index (χ4n) is 3.81. The van der Waals surface area contributed by atoms with Crippen LogP contribution in [0.2, 0.25) is 5.02 Å². The number of nitrogens with one attached hydrogen (secondary N) is 1. The van der Waals surface area contributed by atoms with Gasteiger partial charge in [-0.2, -0.15) is 0 Å². The number of benzene rings is 1. The predicted octanol–water partition coefficient (Wildman–Crippen LogP) is 2.68. The molecule has 1 aromatic rings. The minimum atomic E-state index is -0.246. The third-order valence-corrected chi connectivity index (χ3v) is 5.36. The molecule has 0 bridgehead atoms. The molecule has 2 amide bonds. The van der Waals surface area contributed by atoms with E-state index in [1.807, 2.05) is 17.0 Å². The van der Waals surface area contributed by atoms with E-state index in [-0.39, 0.29) is 17.7 Å². The molecule has 5 nitrogen and oxygen atoms in total. The predicted molar refractivity (Wildman–Crippen MR) is 99.8 cm³/mol. The molecule has 0 aliphatic carbocycles. The Balaban J connectivity index is 1.70. The van der Waals surface area contributed by atoms with Gasteiger partial charge in [0.15, 0.2) is 0 Å². The van der Waals surface area contributed by atoms with Crippen LogP contribution in [0.3, 0.4) is 0 Å². The highest BCUT2D eigenvalue weighted by Gasteiger charge is 2.38. The number of nitrogens with zero attached hydrogens (tertiary/aromatic N) is 2. The summed E-state index contributed by atoms with van der Waals surface area (Å²) < 4.78 is 0. The smallest absolute Gasteiger partial charge is 0.228 e. The zero-order valence-corrected chi connectivity index (χ0v) is 15.5. The van der Waals surface area contributed by atoms with Crippen molar-refractivity contribution in [2.45, 2.75) is 38.6 Å². The Morgan fingerprint density at radius 2 is 1.96 bits per heavy atom. The minimum absolute atomic E-state index is 0.0161. The van der Waals surface area contributed by atoms with Crippen LogP contribution in [0.5, 0.6) is 0 Å². The number of hydrogen-bond acceptors (Lipinski definition) is 3. The average molecular weight is 364 g/mol. The van der Waals surface area contributed by atoms with Gasteiger partial charge >= 0.3 is 0 Å². The molecule has 1 aromatic carbocycles. The molecule has 136 valence electrons. The molecule has 0 aromatic heterocycles. The Hall–Kier alpha value is -1.59. The maximum atomic E-state index is 13.1. The second-order valence-corrected chi connectivity index (χ2v) is 7.33. The largest absolute Gasteiger partial charge is 0.339 e. The normalized spacial score (nSPS) is 21.6. The maximum Gasteiger partial charge on any atom is 0.228 e. The zero-order chi connectivity index (χ0) is 17.8. The Labute approximate surface area is 154 Å². The molecule has 1 atom stereocenters. The van der Waals surface area contributed by atoms with Gasteiger partial charge in [-0.05, 0) is 56.6 Å². The van der Waals surface area contributed by atoms with Gasteiger partial charge in [0.05, 0.1) is 5.92 Å². The second-order valence-electron chi connectivity index (χ2n) is 6.89. The summed E-state index contributed by atoms with van der Waals surface area (Å²) in [5, 5.41) is 3.99. The first kappa shape index (κ1) is 18.2. The van der Waals surface area contributed by atoms with Crippen molar-refractivity contribution < 1.29 is 9.59 Å². The van der Waals surface area contributed by atoms with Gasteiger partial charge in [-0.1, -0.05) is 18.5 Å². The summed E-state index contributed by atoms with van der Waals surface area (Å²) in [7, 11) is 0. The van der Waals surface area contributed by atoms with Crippen molar-refractivity contribution >= 4 is 29.1 Å². The summed E-state index contributed by atoms with van der Waals surface area (Å²) in [6.45, 7) is 5.25. The van der Waals surface area contributed by atoms with Gasteiger partial charge < -0.3 is 15.1 Å². The second kappa shape index (κ2) is 8.19. The lowest BCUT2D eigenvalue weighted by Gasteiger charge is -2.36. The third kappa shape index (κ3) is 4.15. The SMILES string of the molecule is CCCN(C(=O)C1CC(=O)N(c2ccc(Cl)cc2)C1)C1CCNCC1. The zero-order valence-electron chi connectivity index (χ0n) is 14.7. The summed E-state index contributed by atoms with van der Waals surface area (Å²) in [6.07, 6.45) is 3.23. The van der Waals surface area contributed by atoms with Crippen molar-refractivity contribution in [1.29, 1.82) is 0 Å². The van der Waals surface area contributed by atoms with Crippen LogP contribution in [-0.4, -0.2) is 48.9 Å². The first-order valence-corrected chi connectivity index (χ1v) is 9.55. The van der Waals surface area contributed by atoms with Crippen LogP contribution in [0.4, 0.5) is 5.69 Å². The summed E-state index contributed by atoms with van der Waals surface area (Å²) in [5.74, 6) is -0.0920. The molecule has 2 heterocycles.